The van der Waals surface area contributed by atoms with Gasteiger partial charge in [-0.1, -0.05) is 42.5 Å². The van der Waals surface area contributed by atoms with Crippen LogP contribution in [-0.2, 0) is 24.4 Å². The number of benzene rings is 2. The fraction of sp³-hybridized carbons (Fsp3) is 0.350. The molecule has 0 aliphatic carbocycles. The van der Waals surface area contributed by atoms with Gasteiger partial charge >= 0.3 is 6.36 Å². The summed E-state index contributed by atoms with van der Waals surface area (Å²) in [4.78, 5) is 4.09. The van der Waals surface area contributed by atoms with Crippen molar-refractivity contribution in [2.24, 2.45) is 4.99 Å². The van der Waals surface area contributed by atoms with Crippen LogP contribution in [0.5, 0.6) is 5.75 Å². The Kier molecular flexibility index (Phi) is 8.13. The van der Waals surface area contributed by atoms with Crippen molar-refractivity contribution in [1.82, 2.24) is 10.6 Å². The van der Waals surface area contributed by atoms with Crippen LogP contribution >= 0.6 is 0 Å². The lowest BCUT2D eigenvalue weighted by Gasteiger charge is -2.15. The molecule has 152 valence electrons. The van der Waals surface area contributed by atoms with E-state index in [0.29, 0.717) is 31.3 Å². The number of nitrogens with one attached hydrogen (secondary N) is 2. The zero-order valence-corrected chi connectivity index (χ0v) is 15.8. The molecule has 0 aliphatic heterocycles. The van der Waals surface area contributed by atoms with Crippen molar-refractivity contribution in [2.75, 3.05) is 13.7 Å². The molecule has 0 aromatic heterocycles. The van der Waals surface area contributed by atoms with Crippen LogP contribution in [0.2, 0.25) is 0 Å². The highest BCUT2D eigenvalue weighted by Gasteiger charge is 2.31. The molecule has 0 atom stereocenters. The first-order chi connectivity index (χ1) is 13.4. The van der Waals surface area contributed by atoms with Crippen LogP contribution < -0.4 is 15.4 Å². The number of halogens is 3. The molecule has 2 rings (SSSR count). The molecule has 0 radical (unpaired) electrons. The van der Waals surface area contributed by atoms with Crippen molar-refractivity contribution in [3.8, 4) is 5.75 Å². The molecule has 5 nitrogen and oxygen atoms in total. The fourth-order valence-electron chi connectivity index (χ4n) is 2.43. The Labute approximate surface area is 162 Å². The van der Waals surface area contributed by atoms with Crippen LogP contribution in [0.4, 0.5) is 13.2 Å². The zero-order valence-electron chi connectivity index (χ0n) is 15.8. The van der Waals surface area contributed by atoms with Crippen molar-refractivity contribution in [3.63, 3.8) is 0 Å². The number of aliphatic imine (C=N–C) groups is 1. The van der Waals surface area contributed by atoms with Gasteiger partial charge in [0.2, 0.25) is 0 Å². The second-order valence-electron chi connectivity index (χ2n) is 5.89. The highest BCUT2D eigenvalue weighted by molar-refractivity contribution is 5.79. The summed E-state index contributed by atoms with van der Waals surface area (Å²) in [6.45, 7) is 3.86. The first-order valence-corrected chi connectivity index (χ1v) is 8.85. The molecule has 0 aliphatic rings. The van der Waals surface area contributed by atoms with Crippen LogP contribution in [0.15, 0.2) is 53.5 Å². The number of hydrogen-bond donors (Lipinski definition) is 2. The number of alkyl halides is 3. The molecule has 8 heteroatoms. The lowest BCUT2D eigenvalue weighted by Crippen LogP contribution is -2.36. The molecule has 0 spiro atoms. The normalized spacial score (nSPS) is 12.0. The highest BCUT2D eigenvalue weighted by Crippen LogP contribution is 2.26. The number of hydrogen-bond acceptors (Lipinski definition) is 3. The molecule has 2 N–H and O–H groups in total. The Hall–Kier alpha value is -2.74. The number of guanidine groups is 1. The highest BCUT2D eigenvalue weighted by atomic mass is 19.4. The number of ether oxygens (including phenoxy) is 2. The van der Waals surface area contributed by atoms with E-state index in [-0.39, 0.29) is 12.3 Å². The third-order valence-corrected chi connectivity index (χ3v) is 3.82. The Morgan fingerprint density at radius 2 is 1.61 bits per heavy atom. The van der Waals surface area contributed by atoms with Gasteiger partial charge in [-0.3, -0.25) is 4.99 Å². The number of para-hydroxylation sites is 1. The van der Waals surface area contributed by atoms with Crippen LogP contribution in [0, 0.1) is 0 Å². The van der Waals surface area contributed by atoms with Crippen molar-refractivity contribution in [2.45, 2.75) is 33.0 Å². The van der Waals surface area contributed by atoms with Crippen molar-refractivity contribution < 1.29 is 22.6 Å². The van der Waals surface area contributed by atoms with E-state index < -0.39 is 6.36 Å². The molecule has 0 saturated carbocycles. The molecule has 28 heavy (non-hydrogen) atoms. The van der Waals surface area contributed by atoms with Crippen LogP contribution in [0.1, 0.15) is 23.6 Å². The van der Waals surface area contributed by atoms with Crippen LogP contribution in [0.25, 0.3) is 0 Å². The molecule has 0 heterocycles. The monoisotopic (exact) mass is 395 g/mol. The molecule has 0 fully saturated rings. The Balaban J connectivity index is 1.88. The first kappa shape index (κ1) is 21.6. The first-order valence-electron chi connectivity index (χ1n) is 8.85. The molecular formula is C20H24F3N3O2. The summed E-state index contributed by atoms with van der Waals surface area (Å²) < 4.78 is 46.9. The van der Waals surface area contributed by atoms with Gasteiger partial charge in [0.15, 0.2) is 5.96 Å². The Morgan fingerprint density at radius 1 is 0.964 bits per heavy atom. The molecule has 2 aromatic carbocycles. The van der Waals surface area contributed by atoms with Gasteiger partial charge < -0.3 is 20.1 Å². The summed E-state index contributed by atoms with van der Waals surface area (Å²) in [5.41, 5.74) is 2.52. The van der Waals surface area contributed by atoms with E-state index in [2.05, 4.69) is 20.4 Å². The number of nitrogens with zero attached hydrogens (tertiary/aromatic N) is 1. The van der Waals surface area contributed by atoms with Gasteiger partial charge in [-0.15, -0.1) is 13.2 Å². The van der Waals surface area contributed by atoms with Crippen LogP contribution in [0.3, 0.4) is 0 Å². The van der Waals surface area contributed by atoms with Gasteiger partial charge in [0, 0.05) is 32.3 Å². The van der Waals surface area contributed by atoms with Gasteiger partial charge in [0.1, 0.15) is 5.75 Å². The average Bonchev–Trinajstić information content (AvgIpc) is 2.67. The second-order valence-corrected chi connectivity index (χ2v) is 5.89. The molecule has 2 aromatic rings. The average molecular weight is 395 g/mol. The molecule has 0 saturated heterocycles. The van der Waals surface area contributed by atoms with E-state index in [1.165, 1.54) is 12.1 Å². The van der Waals surface area contributed by atoms with E-state index in [1.54, 1.807) is 19.2 Å². The molecule has 0 unspecified atom stereocenters. The quantitative estimate of drug-likeness (QED) is 0.524. The molecule has 0 amide bonds. The van der Waals surface area contributed by atoms with E-state index in [9.17, 15) is 13.2 Å². The lowest BCUT2D eigenvalue weighted by molar-refractivity contribution is -0.274. The largest absolute Gasteiger partial charge is 0.573 e. The topological polar surface area (TPSA) is 54.9 Å². The molecular weight excluding hydrogens is 371 g/mol. The number of rotatable bonds is 8. The lowest BCUT2D eigenvalue weighted by atomic mass is 10.1. The van der Waals surface area contributed by atoms with Gasteiger partial charge in [-0.05, 0) is 24.1 Å². The van der Waals surface area contributed by atoms with Gasteiger partial charge in [-0.25, -0.2) is 0 Å². The summed E-state index contributed by atoms with van der Waals surface area (Å²) in [6, 6.07) is 14.0. The van der Waals surface area contributed by atoms with E-state index in [1.807, 2.05) is 31.2 Å². The standard InChI is InChI=1S/C20H24F3N3O2/c1-3-27-14-16-10-8-15(9-11-16)12-25-19(24-2)26-13-17-6-4-5-7-18(17)28-20(21,22)23/h4-11H,3,12-14H2,1-2H3,(H2,24,25,26). The second kappa shape index (κ2) is 10.6. The summed E-state index contributed by atoms with van der Waals surface area (Å²) in [7, 11) is 1.60. The third kappa shape index (κ3) is 7.48. The predicted octanol–water partition coefficient (Wildman–Crippen LogP) is 3.99. The zero-order chi connectivity index (χ0) is 20.4. The van der Waals surface area contributed by atoms with Crippen molar-refractivity contribution >= 4 is 5.96 Å². The summed E-state index contributed by atoms with van der Waals surface area (Å²) in [6.07, 6.45) is -4.73. The van der Waals surface area contributed by atoms with E-state index in [0.717, 1.165) is 11.1 Å². The summed E-state index contributed by atoms with van der Waals surface area (Å²) >= 11 is 0. The Bertz CT molecular complexity index is 762. The minimum absolute atomic E-state index is 0.138. The van der Waals surface area contributed by atoms with Gasteiger partial charge in [0.25, 0.3) is 0 Å². The SMILES string of the molecule is CCOCc1ccc(CNC(=NC)NCc2ccccc2OC(F)(F)F)cc1. The summed E-state index contributed by atoms with van der Waals surface area (Å²) in [5.74, 6) is 0.239. The fourth-order valence-corrected chi connectivity index (χ4v) is 2.43. The summed E-state index contributed by atoms with van der Waals surface area (Å²) in [5, 5.41) is 6.12. The minimum Gasteiger partial charge on any atom is -0.405 e. The maximum Gasteiger partial charge on any atom is 0.573 e. The minimum atomic E-state index is -4.73. The maximum atomic E-state index is 12.5. The smallest absolute Gasteiger partial charge is 0.405 e. The van der Waals surface area contributed by atoms with Crippen LogP contribution in [-0.4, -0.2) is 26.0 Å². The van der Waals surface area contributed by atoms with E-state index in [4.69, 9.17) is 4.74 Å². The Morgan fingerprint density at radius 3 is 2.25 bits per heavy atom. The third-order valence-electron chi connectivity index (χ3n) is 3.82. The van der Waals surface area contributed by atoms with Gasteiger partial charge in [0.05, 0.1) is 6.61 Å². The maximum absolute atomic E-state index is 12.5. The van der Waals surface area contributed by atoms with Crippen molar-refractivity contribution in [1.29, 1.82) is 0 Å². The van der Waals surface area contributed by atoms with Crippen molar-refractivity contribution in [3.05, 3.63) is 65.2 Å². The predicted molar refractivity (Wildman–Crippen MR) is 102 cm³/mol. The van der Waals surface area contributed by atoms with Gasteiger partial charge in [-0.2, -0.15) is 0 Å². The molecule has 0 bridgehead atoms. The van der Waals surface area contributed by atoms with E-state index >= 15 is 0 Å².